The molecule has 0 aromatic carbocycles. The third kappa shape index (κ3) is 18.8. The Morgan fingerprint density at radius 1 is 1.00 bits per heavy atom. The summed E-state index contributed by atoms with van der Waals surface area (Å²) >= 11 is 0.432. The van der Waals surface area contributed by atoms with Gasteiger partial charge in [0.15, 0.2) is 0 Å². The third-order valence-electron chi connectivity index (χ3n) is 0.707. The van der Waals surface area contributed by atoms with Crippen LogP contribution in [0.25, 0.3) is 0 Å². The van der Waals surface area contributed by atoms with Crippen LogP contribution >= 0.6 is 24.8 Å². The zero-order valence-electron chi connectivity index (χ0n) is 4.94. The van der Waals surface area contributed by atoms with Crippen LogP contribution in [0.1, 0.15) is 13.8 Å². The van der Waals surface area contributed by atoms with Crippen molar-refractivity contribution in [3.8, 4) is 0 Å². The second-order valence-corrected chi connectivity index (χ2v) is 4.06. The van der Waals surface area contributed by atoms with Crippen molar-refractivity contribution in [1.82, 2.24) is 0 Å². The van der Waals surface area contributed by atoms with E-state index in [-0.39, 0.29) is 24.8 Å². The van der Waals surface area contributed by atoms with Crippen molar-refractivity contribution >= 4 is 45.2 Å². The Kier molecular flexibility index (Phi) is 35.3. The van der Waals surface area contributed by atoms with Crippen molar-refractivity contribution < 1.29 is 0 Å². The predicted molar refractivity (Wildman–Crippen MR) is 41.2 cm³/mol. The predicted octanol–water partition coefficient (Wildman–Crippen LogP) is 2.41. The molecule has 0 radical (unpaired) electrons. The van der Waals surface area contributed by atoms with Gasteiger partial charge in [-0.2, -0.15) is 0 Å². The Bertz CT molecular complexity index is 17.2. The van der Waals surface area contributed by atoms with Crippen LogP contribution in [0.15, 0.2) is 0 Å². The van der Waals surface area contributed by atoms with E-state index < -0.39 is 0 Å². The molecule has 0 aliphatic rings. The summed E-state index contributed by atoms with van der Waals surface area (Å²) in [6.45, 7) is 4.55. The molecule has 0 rings (SSSR count). The van der Waals surface area contributed by atoms with E-state index in [0.29, 0.717) is 20.4 Å². The smallest absolute Gasteiger partial charge is 0.149 e. The Labute approximate surface area is 68.0 Å². The molecule has 0 bridgehead atoms. The molecule has 0 fully saturated rings. The van der Waals surface area contributed by atoms with Gasteiger partial charge in [0, 0.05) is 0 Å². The van der Waals surface area contributed by atoms with Gasteiger partial charge in [0.2, 0.25) is 0 Å². The fraction of sp³-hybridized carbons (Fsp3) is 1.00. The maximum Gasteiger partial charge on any atom is 0.363 e. The van der Waals surface area contributed by atoms with Gasteiger partial charge >= 0.3 is 20.4 Å². The zero-order chi connectivity index (χ0) is 4.12. The lowest BCUT2D eigenvalue weighted by Crippen LogP contribution is -1.76. The van der Waals surface area contributed by atoms with E-state index >= 15 is 0 Å². The standard InChI is InChI=1S/2C2H5.2ClH.Mg/c2*1-2;;;/h2*1H2,2H3;2*1H;. The molecule has 0 aromatic heterocycles. The van der Waals surface area contributed by atoms with E-state index in [0.717, 1.165) is 0 Å². The molecule has 3 heteroatoms. The lowest BCUT2D eigenvalue weighted by Gasteiger charge is -1.72. The summed E-state index contributed by atoms with van der Waals surface area (Å²) in [6.07, 6.45) is 0. The molecule has 0 spiro atoms. The lowest BCUT2D eigenvalue weighted by molar-refractivity contribution is 1.36. The largest absolute Gasteiger partial charge is 0.363 e. The average Bonchev–Trinajstić information content (AvgIpc) is 1.41. The lowest BCUT2D eigenvalue weighted by atomic mass is 10.9. The van der Waals surface area contributed by atoms with E-state index in [9.17, 15) is 0 Å². The summed E-state index contributed by atoms with van der Waals surface area (Å²) in [6, 6.07) is 0. The summed E-state index contributed by atoms with van der Waals surface area (Å²) in [5.74, 6) is 0. The first-order chi connectivity index (χ1) is 2.41. The molecular weight excluding hydrogens is 143 g/mol. The van der Waals surface area contributed by atoms with Crippen molar-refractivity contribution in [1.29, 1.82) is 0 Å². The highest BCUT2D eigenvalue weighted by atomic mass is 35.5. The maximum atomic E-state index is 2.27. The number of halogens is 2. The minimum atomic E-state index is 0. The van der Waals surface area contributed by atoms with Crippen LogP contribution in [-0.2, 0) is 0 Å². The second-order valence-electron chi connectivity index (χ2n) is 1.35. The normalized spacial score (nSPS) is 4.86. The van der Waals surface area contributed by atoms with Crippen molar-refractivity contribution in [3.05, 3.63) is 0 Å². The zero-order valence-corrected chi connectivity index (χ0v) is 7.99. The molecule has 0 saturated carbocycles. The van der Waals surface area contributed by atoms with Crippen LogP contribution in [0.3, 0.4) is 0 Å². The minimum Gasteiger partial charge on any atom is -0.149 e. The molecule has 0 saturated heterocycles. The highest BCUT2D eigenvalue weighted by molar-refractivity contribution is 6.34. The summed E-state index contributed by atoms with van der Waals surface area (Å²) in [5, 5.41) is 0. The maximum absolute atomic E-state index is 2.27. The van der Waals surface area contributed by atoms with E-state index in [1.165, 1.54) is 9.10 Å². The first kappa shape index (κ1) is 15.8. The van der Waals surface area contributed by atoms with Crippen molar-refractivity contribution in [2.45, 2.75) is 22.9 Å². The molecule has 0 heterocycles. The van der Waals surface area contributed by atoms with Crippen LogP contribution in [0.2, 0.25) is 9.10 Å². The topological polar surface area (TPSA) is 0 Å². The minimum absolute atomic E-state index is 0. The van der Waals surface area contributed by atoms with E-state index in [1.54, 1.807) is 0 Å². The van der Waals surface area contributed by atoms with Gasteiger partial charge < -0.3 is 0 Å². The Hall–Kier alpha value is 1.35. The number of hydrogen-bond acceptors (Lipinski definition) is 0. The van der Waals surface area contributed by atoms with Gasteiger partial charge in [0.05, 0.1) is 0 Å². The molecule has 0 aliphatic carbocycles. The van der Waals surface area contributed by atoms with Gasteiger partial charge in [0.1, 0.15) is 0 Å². The molecule has 0 N–H and O–H groups in total. The van der Waals surface area contributed by atoms with Gasteiger partial charge in [-0.25, -0.2) is 0 Å². The molecule has 0 aliphatic heterocycles. The average molecular weight is 155 g/mol. The Morgan fingerprint density at radius 2 is 1.29 bits per heavy atom. The molecular formula is C4H12Cl2Mg. The number of rotatable bonds is 2. The van der Waals surface area contributed by atoms with Crippen LogP contribution in [0.4, 0.5) is 0 Å². The van der Waals surface area contributed by atoms with Crippen LogP contribution in [0, 0.1) is 0 Å². The van der Waals surface area contributed by atoms with Crippen molar-refractivity contribution in [2.24, 2.45) is 0 Å². The Balaban J connectivity index is -0.0000000800. The molecule has 0 atom stereocenters. The van der Waals surface area contributed by atoms with Crippen LogP contribution in [-0.4, -0.2) is 20.4 Å². The van der Waals surface area contributed by atoms with E-state index in [2.05, 4.69) is 13.8 Å². The fourth-order valence-corrected chi connectivity index (χ4v) is 1.06. The molecule has 0 amide bonds. The van der Waals surface area contributed by atoms with Gasteiger partial charge in [-0.3, -0.25) is 0 Å². The molecule has 0 unspecified atom stereocenters. The second kappa shape index (κ2) is 15.7. The first-order valence-electron chi connectivity index (χ1n) is 2.41. The monoisotopic (exact) mass is 154 g/mol. The quantitative estimate of drug-likeness (QED) is 0.537. The van der Waals surface area contributed by atoms with E-state index in [4.69, 9.17) is 0 Å². The number of hydrogen-bond donors (Lipinski definition) is 0. The third-order valence-corrected chi connectivity index (χ3v) is 2.12. The molecule has 44 valence electrons. The summed E-state index contributed by atoms with van der Waals surface area (Å²) in [7, 11) is 0. The molecule has 7 heavy (non-hydrogen) atoms. The van der Waals surface area contributed by atoms with Gasteiger partial charge in [0.25, 0.3) is 0 Å². The Morgan fingerprint density at radius 3 is 1.29 bits per heavy atom. The van der Waals surface area contributed by atoms with Crippen molar-refractivity contribution in [3.63, 3.8) is 0 Å². The van der Waals surface area contributed by atoms with Crippen LogP contribution in [0.5, 0.6) is 0 Å². The van der Waals surface area contributed by atoms with Crippen molar-refractivity contribution in [2.75, 3.05) is 0 Å². The van der Waals surface area contributed by atoms with Gasteiger partial charge in [-0.05, 0) is 0 Å². The molecule has 0 nitrogen and oxygen atoms in total. The molecule has 0 aromatic rings. The van der Waals surface area contributed by atoms with E-state index in [1.807, 2.05) is 0 Å². The van der Waals surface area contributed by atoms with Gasteiger partial charge in [-0.15, -0.1) is 33.9 Å². The van der Waals surface area contributed by atoms with Crippen LogP contribution < -0.4 is 0 Å². The summed E-state index contributed by atoms with van der Waals surface area (Å²) in [4.78, 5) is 0. The summed E-state index contributed by atoms with van der Waals surface area (Å²) in [5.41, 5.74) is 0. The highest BCUT2D eigenvalue weighted by Crippen LogP contribution is 1.77. The highest BCUT2D eigenvalue weighted by Gasteiger charge is 1.79. The van der Waals surface area contributed by atoms with Gasteiger partial charge in [-0.1, -0.05) is 13.8 Å². The fourth-order valence-electron chi connectivity index (χ4n) is 0.354. The SMILES string of the molecule is C[CH2][Mg][CH2]C.Cl.Cl. The summed E-state index contributed by atoms with van der Waals surface area (Å²) < 4.78 is 2.97. The first-order valence-corrected chi connectivity index (χ1v) is 4.41.